The summed E-state index contributed by atoms with van der Waals surface area (Å²) in [6.07, 6.45) is 0. The number of nitrogens with zero attached hydrogens (tertiary/aromatic N) is 2. The predicted octanol–water partition coefficient (Wildman–Crippen LogP) is 5.14. The number of hydrogen-bond acceptors (Lipinski definition) is 5. The van der Waals surface area contributed by atoms with Crippen molar-refractivity contribution in [2.24, 2.45) is 0 Å². The van der Waals surface area contributed by atoms with Gasteiger partial charge in [0.15, 0.2) is 15.9 Å². The van der Waals surface area contributed by atoms with Crippen LogP contribution in [-0.2, 0) is 0 Å². The molecule has 0 atom stereocenters. The maximum atomic E-state index is 12.1. The number of thioether (sulfide) groups is 1. The summed E-state index contributed by atoms with van der Waals surface area (Å²) in [5.41, 5.74) is 2.85. The molecule has 0 radical (unpaired) electrons. The van der Waals surface area contributed by atoms with E-state index >= 15 is 0 Å². The van der Waals surface area contributed by atoms with Crippen molar-refractivity contribution in [3.05, 3.63) is 64.7 Å². The molecule has 1 heterocycles. The highest BCUT2D eigenvalue weighted by molar-refractivity contribution is 8.01. The van der Waals surface area contributed by atoms with Gasteiger partial charge in [0.25, 0.3) is 0 Å². The predicted molar refractivity (Wildman–Crippen MR) is 96.6 cm³/mol. The zero-order valence-corrected chi connectivity index (χ0v) is 14.7. The van der Waals surface area contributed by atoms with Crippen molar-refractivity contribution in [2.75, 3.05) is 5.75 Å². The van der Waals surface area contributed by atoms with Gasteiger partial charge in [-0.1, -0.05) is 53.2 Å². The van der Waals surface area contributed by atoms with Gasteiger partial charge in [-0.3, -0.25) is 4.79 Å². The largest absolute Gasteiger partial charge is 0.293 e. The lowest BCUT2D eigenvalue weighted by Gasteiger charge is -1.99. The first-order chi connectivity index (χ1) is 11.1. The molecule has 23 heavy (non-hydrogen) atoms. The van der Waals surface area contributed by atoms with E-state index in [1.165, 1.54) is 28.9 Å². The van der Waals surface area contributed by atoms with Gasteiger partial charge in [-0.15, -0.1) is 0 Å². The third kappa shape index (κ3) is 4.19. The van der Waals surface area contributed by atoms with E-state index in [1.807, 2.05) is 31.2 Å². The Morgan fingerprint density at radius 2 is 1.83 bits per heavy atom. The minimum Gasteiger partial charge on any atom is -0.293 e. The molecule has 3 aromatic rings. The molecule has 116 valence electrons. The Morgan fingerprint density at radius 3 is 2.52 bits per heavy atom. The van der Waals surface area contributed by atoms with Crippen LogP contribution >= 0.6 is 34.9 Å². The van der Waals surface area contributed by atoms with Crippen molar-refractivity contribution in [2.45, 2.75) is 11.3 Å². The normalized spacial score (nSPS) is 10.7. The fraction of sp³-hybridized carbons (Fsp3) is 0.118. The van der Waals surface area contributed by atoms with Crippen LogP contribution in [0.4, 0.5) is 0 Å². The zero-order valence-electron chi connectivity index (χ0n) is 12.3. The van der Waals surface area contributed by atoms with Crippen LogP contribution in [0.5, 0.6) is 0 Å². The summed E-state index contributed by atoms with van der Waals surface area (Å²) in [5.74, 6) is 1.10. The second-order valence-corrected chi connectivity index (χ2v) is 7.38. The molecule has 1 aromatic heterocycles. The molecule has 2 aromatic carbocycles. The number of benzene rings is 2. The van der Waals surface area contributed by atoms with Gasteiger partial charge in [0, 0.05) is 16.1 Å². The first-order valence-electron chi connectivity index (χ1n) is 6.94. The highest BCUT2D eigenvalue weighted by Crippen LogP contribution is 2.26. The van der Waals surface area contributed by atoms with E-state index in [0.717, 1.165) is 9.90 Å². The van der Waals surface area contributed by atoms with Crippen LogP contribution in [0, 0.1) is 6.92 Å². The van der Waals surface area contributed by atoms with Gasteiger partial charge < -0.3 is 0 Å². The number of aryl methyl sites for hydroxylation is 1. The number of carbonyl (C=O) groups excluding carboxylic acids is 1. The van der Waals surface area contributed by atoms with Gasteiger partial charge in [0.2, 0.25) is 0 Å². The van der Waals surface area contributed by atoms with Crippen LogP contribution in [0.25, 0.3) is 11.4 Å². The molecular weight excluding hydrogens is 348 g/mol. The fourth-order valence-corrected chi connectivity index (χ4v) is 3.57. The van der Waals surface area contributed by atoms with E-state index < -0.39 is 0 Å². The molecule has 0 saturated heterocycles. The lowest BCUT2D eigenvalue weighted by Crippen LogP contribution is -2.01. The number of rotatable bonds is 5. The number of aromatic nitrogens is 2. The summed E-state index contributed by atoms with van der Waals surface area (Å²) < 4.78 is 5.15. The Kier molecular flexibility index (Phi) is 5.10. The van der Waals surface area contributed by atoms with Crippen LogP contribution in [0.3, 0.4) is 0 Å². The van der Waals surface area contributed by atoms with E-state index in [0.29, 0.717) is 22.2 Å². The second-order valence-electron chi connectivity index (χ2n) is 4.97. The summed E-state index contributed by atoms with van der Waals surface area (Å²) in [7, 11) is 0. The maximum Gasteiger partial charge on any atom is 0.174 e. The van der Waals surface area contributed by atoms with Crippen LogP contribution in [-0.4, -0.2) is 20.9 Å². The molecule has 0 aliphatic heterocycles. The lowest BCUT2D eigenvalue weighted by atomic mass is 10.1. The van der Waals surface area contributed by atoms with E-state index in [4.69, 9.17) is 11.6 Å². The number of carbonyl (C=O) groups is 1. The SMILES string of the molecule is Cc1ccc(-c2nsc(SCC(=O)c3ccc(Cl)cc3)n2)cc1. The number of hydrogen-bond donors (Lipinski definition) is 0. The second kappa shape index (κ2) is 7.25. The van der Waals surface area contributed by atoms with Crippen molar-refractivity contribution in [1.29, 1.82) is 0 Å². The molecule has 3 nitrogen and oxygen atoms in total. The summed E-state index contributed by atoms with van der Waals surface area (Å²) in [4.78, 5) is 16.6. The Morgan fingerprint density at radius 1 is 1.13 bits per heavy atom. The Balaban J connectivity index is 1.64. The summed E-state index contributed by atoms with van der Waals surface area (Å²) in [6, 6.07) is 15.0. The van der Waals surface area contributed by atoms with Crippen molar-refractivity contribution in [3.8, 4) is 11.4 Å². The van der Waals surface area contributed by atoms with Gasteiger partial charge >= 0.3 is 0 Å². The van der Waals surface area contributed by atoms with Crippen LogP contribution in [0.1, 0.15) is 15.9 Å². The minimum atomic E-state index is 0.0544. The molecule has 0 amide bonds. The molecule has 3 rings (SSSR count). The average molecular weight is 361 g/mol. The molecule has 6 heteroatoms. The first-order valence-corrected chi connectivity index (χ1v) is 9.08. The van der Waals surface area contributed by atoms with Crippen molar-refractivity contribution in [3.63, 3.8) is 0 Å². The Bertz CT molecular complexity index is 813. The van der Waals surface area contributed by atoms with Crippen molar-refractivity contribution >= 4 is 40.7 Å². The Hall–Kier alpha value is -1.69. The van der Waals surface area contributed by atoms with Gasteiger partial charge in [-0.25, -0.2) is 4.98 Å². The standard InChI is InChI=1S/C17H13ClN2OS2/c1-11-2-4-13(5-3-11)16-19-17(23-20-16)22-10-15(21)12-6-8-14(18)9-7-12/h2-9H,10H2,1H3. The molecule has 0 aliphatic carbocycles. The van der Waals surface area contributed by atoms with Crippen LogP contribution < -0.4 is 0 Å². The minimum absolute atomic E-state index is 0.0544. The summed E-state index contributed by atoms with van der Waals surface area (Å²) in [6.45, 7) is 2.04. The van der Waals surface area contributed by atoms with Crippen molar-refractivity contribution < 1.29 is 4.79 Å². The van der Waals surface area contributed by atoms with Crippen LogP contribution in [0.2, 0.25) is 5.02 Å². The monoisotopic (exact) mass is 360 g/mol. The molecule has 0 saturated carbocycles. The van der Waals surface area contributed by atoms with Gasteiger partial charge in [0.1, 0.15) is 0 Å². The molecule has 0 aliphatic rings. The van der Waals surface area contributed by atoms with Gasteiger partial charge in [0.05, 0.1) is 5.75 Å². The molecule has 0 N–H and O–H groups in total. The third-order valence-electron chi connectivity index (χ3n) is 3.21. The summed E-state index contributed by atoms with van der Waals surface area (Å²) >= 11 is 8.55. The zero-order chi connectivity index (χ0) is 16.2. The molecule has 0 unspecified atom stereocenters. The summed E-state index contributed by atoms with van der Waals surface area (Å²) in [5, 5.41) is 0.626. The molecular formula is C17H13ClN2OS2. The molecule has 0 spiro atoms. The quantitative estimate of drug-likeness (QED) is 0.466. The topological polar surface area (TPSA) is 42.9 Å². The first kappa shape index (κ1) is 16.2. The third-order valence-corrected chi connectivity index (χ3v) is 5.30. The lowest BCUT2D eigenvalue weighted by molar-refractivity contribution is 0.102. The van der Waals surface area contributed by atoms with E-state index in [-0.39, 0.29) is 5.78 Å². The van der Waals surface area contributed by atoms with E-state index in [9.17, 15) is 4.79 Å². The highest BCUT2D eigenvalue weighted by Gasteiger charge is 2.11. The van der Waals surface area contributed by atoms with Crippen LogP contribution in [0.15, 0.2) is 52.9 Å². The fourth-order valence-electron chi connectivity index (χ4n) is 1.93. The highest BCUT2D eigenvalue weighted by atomic mass is 35.5. The number of ketones is 1. The smallest absolute Gasteiger partial charge is 0.174 e. The Labute approximate surface area is 147 Å². The van der Waals surface area contributed by atoms with Gasteiger partial charge in [-0.05, 0) is 42.7 Å². The van der Waals surface area contributed by atoms with E-state index in [2.05, 4.69) is 9.36 Å². The average Bonchev–Trinajstić information content (AvgIpc) is 3.03. The molecule has 0 bridgehead atoms. The molecule has 0 fully saturated rings. The van der Waals surface area contributed by atoms with Crippen molar-refractivity contribution in [1.82, 2.24) is 9.36 Å². The number of Topliss-reactive ketones (excluding diaryl/α,β-unsaturated/α-hetero) is 1. The van der Waals surface area contributed by atoms with E-state index in [1.54, 1.807) is 24.3 Å². The van der Waals surface area contributed by atoms with Gasteiger partial charge in [-0.2, -0.15) is 4.37 Å². The maximum absolute atomic E-state index is 12.1. The number of halogens is 1.